The molecule has 0 fully saturated rings. The number of hydrogen-bond acceptors (Lipinski definition) is 15. The van der Waals surface area contributed by atoms with E-state index in [0.29, 0.717) is 28.1 Å². The summed E-state index contributed by atoms with van der Waals surface area (Å²) in [5.74, 6) is -3.16. The smallest absolute Gasteiger partial charge is 0.274 e. The summed E-state index contributed by atoms with van der Waals surface area (Å²) in [5.41, 5.74) is 14.9. The van der Waals surface area contributed by atoms with E-state index in [0.717, 1.165) is 10.5 Å². The molecular formula is C49H66N12O10S. The fraction of sp³-hybridized carbons (Fsp3) is 0.429. The maximum Gasteiger partial charge on any atom is 0.274 e. The highest BCUT2D eigenvalue weighted by Gasteiger charge is 2.37. The average molecular weight is 1020 g/mol. The maximum absolute atomic E-state index is 14.9. The van der Waals surface area contributed by atoms with Crippen molar-refractivity contribution in [2.45, 2.75) is 79.1 Å². The molecule has 0 spiro atoms. The number of hydrogen-bond donors (Lipinski definition) is 8. The first-order chi connectivity index (χ1) is 33.9. The summed E-state index contributed by atoms with van der Waals surface area (Å²) in [7, 11) is -1.80. The molecule has 0 saturated carbocycles. The van der Waals surface area contributed by atoms with Crippen LogP contribution in [0.3, 0.4) is 0 Å². The number of aromatic nitrogens is 2. The van der Waals surface area contributed by atoms with Crippen LogP contribution in [0.2, 0.25) is 0 Å². The zero-order valence-electron chi connectivity index (χ0n) is 42.1. The van der Waals surface area contributed by atoms with Gasteiger partial charge in [0.1, 0.15) is 61.2 Å². The van der Waals surface area contributed by atoms with Gasteiger partial charge in [-0.2, -0.15) is 18.4 Å². The van der Waals surface area contributed by atoms with E-state index in [1.165, 1.54) is 27.1 Å². The molecular weight excluding hydrogens is 949 g/mol. The summed E-state index contributed by atoms with van der Waals surface area (Å²) in [5, 5.41) is 24.9. The Hall–Kier alpha value is -7.23. The molecule has 0 aliphatic carbocycles. The zero-order chi connectivity index (χ0) is 53.7. The molecule has 3 aromatic rings. The molecule has 388 valence electrons. The number of benzene rings is 2. The van der Waals surface area contributed by atoms with Crippen molar-refractivity contribution in [2.24, 2.45) is 22.0 Å². The number of amides is 5. The van der Waals surface area contributed by atoms with Gasteiger partial charge < -0.3 is 51.8 Å². The number of rotatable bonds is 19. The van der Waals surface area contributed by atoms with Gasteiger partial charge >= 0.3 is 0 Å². The standard InChI is InChI=1S/C49H66N12O10S/c1-11-33(49(6,7)8)14-12-27(2)43-56-28(3)41(29(4)57-43)46(64)60-37(26-55-72(53,67)68)48(66)61(9)42-31-13-15-38(70-20-17-51)34(22-31)35-23-32(39(71-21-18-52)25-40(35)69-10)24-36(45(63)54-19-16-50)59-44(62)30(5)58-47(42)65/h11-15,22-23,25,30,36-37,42,55H,1,17-21,24,26,51-52H2,2-10H3,(H,54,63)(H,58,65)(H,59,62)(H,60,64)(H2,53,67,68)/b27-12+,33-14+/t30-,36-,37-,42-/m0/s1. The summed E-state index contributed by atoms with van der Waals surface area (Å²) < 4.78 is 44.6. The summed E-state index contributed by atoms with van der Waals surface area (Å²) in [6.07, 6.45) is 5.35. The van der Waals surface area contributed by atoms with Gasteiger partial charge in [-0.25, -0.2) is 15.1 Å². The quantitative estimate of drug-likeness (QED) is 0.0620. The van der Waals surface area contributed by atoms with Gasteiger partial charge in [0.15, 0.2) is 5.82 Å². The Labute approximate surface area is 420 Å². The number of aryl methyl sites for hydroxylation is 2. The second kappa shape index (κ2) is 25.2. The second-order valence-corrected chi connectivity index (χ2v) is 19.2. The van der Waals surface area contributed by atoms with E-state index in [1.54, 1.807) is 44.2 Å². The topological polar surface area (TPSA) is 338 Å². The third kappa shape index (κ3) is 14.9. The van der Waals surface area contributed by atoms with Gasteiger partial charge in [0.25, 0.3) is 16.1 Å². The Morgan fingerprint density at radius 3 is 2.18 bits per heavy atom. The van der Waals surface area contributed by atoms with Crippen molar-refractivity contribution in [3.8, 4) is 34.4 Å². The molecule has 11 N–H and O–H groups in total. The molecule has 1 aliphatic rings. The molecule has 2 aromatic carbocycles. The monoisotopic (exact) mass is 1010 g/mol. The zero-order valence-corrected chi connectivity index (χ0v) is 42.9. The summed E-state index contributed by atoms with van der Waals surface area (Å²) >= 11 is 0. The van der Waals surface area contributed by atoms with Crippen molar-refractivity contribution >= 4 is 45.3 Å². The molecule has 4 bridgehead atoms. The molecule has 4 atom stereocenters. The highest BCUT2D eigenvalue weighted by Crippen LogP contribution is 2.43. The number of methoxy groups -OCH3 is 1. The highest BCUT2D eigenvalue weighted by atomic mass is 32.2. The maximum atomic E-state index is 14.9. The van der Waals surface area contributed by atoms with Gasteiger partial charge in [-0.3, -0.25) is 24.0 Å². The van der Waals surface area contributed by atoms with Crippen molar-refractivity contribution < 1.29 is 46.6 Å². The van der Waals surface area contributed by atoms with Crippen molar-refractivity contribution in [1.29, 1.82) is 5.26 Å². The highest BCUT2D eigenvalue weighted by molar-refractivity contribution is 7.87. The van der Waals surface area contributed by atoms with Gasteiger partial charge in [-0.15, -0.1) is 0 Å². The number of ether oxygens (including phenoxy) is 3. The van der Waals surface area contributed by atoms with E-state index in [4.69, 9.17) is 30.8 Å². The third-order valence-electron chi connectivity index (χ3n) is 11.4. The lowest BCUT2D eigenvalue weighted by Gasteiger charge is -2.33. The molecule has 0 unspecified atom stereocenters. The first kappa shape index (κ1) is 57.3. The minimum Gasteiger partial charge on any atom is -0.496 e. The van der Waals surface area contributed by atoms with Crippen LogP contribution < -0.4 is 56.8 Å². The number of allylic oxidation sites excluding steroid dienone is 5. The molecule has 0 radical (unpaired) electrons. The number of likely N-dealkylation sites (N-methyl/N-ethyl adjacent to an activating group) is 1. The molecule has 0 saturated heterocycles. The SMILES string of the molecule is C=C/C(=C\C=C(/C)c1nc(C)c(C(=O)N[C@@H](CNS(N)(=O)=O)C(=O)N(C)[C@@H]2C(=O)N[C@@H](C)C(=O)N[C@H](C(=O)NCC#N)Cc3cc(c(OC)cc3OCCN)-c3cc2ccc3OCCN)c(C)n1)C(C)(C)C. The predicted octanol–water partition coefficient (Wildman–Crippen LogP) is 1.28. The van der Waals surface area contributed by atoms with Gasteiger partial charge in [0.2, 0.25) is 23.6 Å². The Balaban J connectivity index is 1.91. The van der Waals surface area contributed by atoms with Crippen LogP contribution in [0.25, 0.3) is 16.7 Å². The third-order valence-corrected chi connectivity index (χ3v) is 12.0. The minimum absolute atomic E-state index is 0.000255. The summed E-state index contributed by atoms with van der Waals surface area (Å²) in [6, 6.07) is 3.67. The normalized spacial score (nSPS) is 17.0. The average Bonchev–Trinajstić information content (AvgIpc) is 3.31. The fourth-order valence-electron chi connectivity index (χ4n) is 7.69. The predicted molar refractivity (Wildman–Crippen MR) is 270 cm³/mol. The van der Waals surface area contributed by atoms with Crippen LogP contribution in [-0.2, 0) is 35.8 Å². The second-order valence-electron chi connectivity index (χ2n) is 17.9. The van der Waals surface area contributed by atoms with E-state index in [1.807, 2.05) is 25.1 Å². The van der Waals surface area contributed by atoms with E-state index < -0.39 is 70.5 Å². The number of fused-ring (bicyclic) bond motifs is 5. The number of nitrogens with one attached hydrogen (secondary N) is 5. The molecule has 22 nitrogen and oxygen atoms in total. The number of carbonyl (C=O) groups is 5. The van der Waals surface area contributed by atoms with Crippen LogP contribution in [0.1, 0.15) is 79.4 Å². The van der Waals surface area contributed by atoms with Crippen LogP contribution >= 0.6 is 0 Å². The van der Waals surface area contributed by atoms with Gasteiger partial charge in [0, 0.05) is 50.3 Å². The van der Waals surface area contributed by atoms with E-state index in [-0.39, 0.29) is 84.4 Å². The molecule has 1 aliphatic heterocycles. The van der Waals surface area contributed by atoms with Crippen LogP contribution in [0.4, 0.5) is 0 Å². The van der Waals surface area contributed by atoms with Gasteiger partial charge in [-0.1, -0.05) is 51.6 Å². The van der Waals surface area contributed by atoms with Crippen molar-refractivity contribution in [3.05, 3.63) is 94.6 Å². The number of nitriles is 1. The summed E-state index contributed by atoms with van der Waals surface area (Å²) in [6.45, 7) is 15.6. The van der Waals surface area contributed by atoms with Crippen molar-refractivity contribution in [3.63, 3.8) is 0 Å². The van der Waals surface area contributed by atoms with Gasteiger partial charge in [-0.05, 0) is 73.6 Å². The molecule has 23 heteroatoms. The molecule has 4 rings (SSSR count). The van der Waals surface area contributed by atoms with Crippen LogP contribution in [0.5, 0.6) is 17.2 Å². The Morgan fingerprint density at radius 2 is 1.61 bits per heavy atom. The van der Waals surface area contributed by atoms with Crippen molar-refractivity contribution in [1.82, 2.24) is 40.9 Å². The number of nitrogens with zero attached hydrogens (tertiary/aromatic N) is 4. The Morgan fingerprint density at radius 1 is 0.986 bits per heavy atom. The fourth-order valence-corrected chi connectivity index (χ4v) is 8.09. The van der Waals surface area contributed by atoms with E-state index >= 15 is 0 Å². The van der Waals surface area contributed by atoms with Gasteiger partial charge in [0.05, 0.1) is 30.1 Å². The van der Waals surface area contributed by atoms with E-state index in [2.05, 4.69) is 63.3 Å². The van der Waals surface area contributed by atoms with Crippen molar-refractivity contribution in [2.75, 3.05) is 53.6 Å². The lowest BCUT2D eigenvalue weighted by atomic mass is 9.86. The molecule has 2 heterocycles. The Bertz CT molecular complexity index is 2740. The first-order valence-corrected chi connectivity index (χ1v) is 24.4. The van der Waals surface area contributed by atoms with E-state index in [9.17, 15) is 37.7 Å². The number of carbonyl (C=O) groups excluding carboxylic acids is 5. The lowest BCUT2D eigenvalue weighted by Crippen LogP contribution is -2.57. The number of nitrogens with two attached hydrogens (primary N) is 3. The first-order valence-electron chi connectivity index (χ1n) is 22.9. The molecule has 1 aromatic heterocycles. The van der Waals surface area contributed by atoms with Crippen LogP contribution in [-0.4, -0.2) is 124 Å². The van der Waals surface area contributed by atoms with Crippen LogP contribution in [0.15, 0.2) is 60.7 Å². The van der Waals surface area contributed by atoms with Crippen LogP contribution in [0, 0.1) is 30.6 Å². The molecule has 5 amide bonds. The molecule has 72 heavy (non-hydrogen) atoms. The Kier molecular flexibility index (Phi) is 20.1. The lowest BCUT2D eigenvalue weighted by molar-refractivity contribution is -0.141. The minimum atomic E-state index is -4.46. The largest absolute Gasteiger partial charge is 0.496 e. The summed E-state index contributed by atoms with van der Waals surface area (Å²) in [4.78, 5) is 81.4.